The van der Waals surface area contributed by atoms with Gasteiger partial charge in [0.05, 0.1) is 5.69 Å². The van der Waals surface area contributed by atoms with Gasteiger partial charge in [-0.25, -0.2) is 4.98 Å². The number of hydrogen-bond donors (Lipinski definition) is 1. The van der Waals surface area contributed by atoms with Crippen molar-refractivity contribution in [1.82, 2.24) is 9.97 Å². The van der Waals surface area contributed by atoms with Crippen LogP contribution in [-0.4, -0.2) is 9.97 Å². The fraction of sp³-hybridized carbons (Fsp3) is 0.842. The van der Waals surface area contributed by atoms with Crippen LogP contribution in [-0.2, 0) is 5.41 Å². The summed E-state index contributed by atoms with van der Waals surface area (Å²) in [7, 11) is 0. The summed E-state index contributed by atoms with van der Waals surface area (Å²) in [4.78, 5) is 8.74. The number of aromatic amines is 1. The molecule has 1 N–H and O–H groups in total. The smallest absolute Gasteiger partial charge is 0.109 e. The molecule has 1 heterocycles. The molecule has 1 aromatic heterocycles. The van der Waals surface area contributed by atoms with E-state index in [4.69, 9.17) is 4.98 Å². The Kier molecular flexibility index (Phi) is 6.49. The molecule has 0 aliphatic heterocycles. The van der Waals surface area contributed by atoms with Crippen molar-refractivity contribution in [1.29, 1.82) is 0 Å². The number of aromatic nitrogens is 2. The number of unbranched alkanes of at least 4 members (excludes halogenated alkanes) is 1. The Morgan fingerprint density at radius 1 is 1.10 bits per heavy atom. The van der Waals surface area contributed by atoms with E-state index in [0.717, 1.165) is 6.42 Å². The number of imidazole rings is 1. The third kappa shape index (κ3) is 4.34. The maximum atomic E-state index is 5.02. The van der Waals surface area contributed by atoms with Crippen LogP contribution in [0.5, 0.6) is 0 Å². The molecule has 0 spiro atoms. The molecule has 0 aliphatic carbocycles. The highest BCUT2D eigenvalue weighted by Crippen LogP contribution is 2.36. The van der Waals surface area contributed by atoms with E-state index in [-0.39, 0.29) is 5.41 Å². The summed E-state index contributed by atoms with van der Waals surface area (Å²) in [5.41, 5.74) is 2.88. The van der Waals surface area contributed by atoms with Crippen LogP contribution in [0.2, 0.25) is 0 Å². The molecule has 0 amide bonds. The van der Waals surface area contributed by atoms with Gasteiger partial charge in [0.2, 0.25) is 0 Å². The van der Waals surface area contributed by atoms with E-state index in [1.165, 1.54) is 36.5 Å². The van der Waals surface area contributed by atoms with Crippen LogP contribution >= 0.6 is 0 Å². The second-order valence-corrected chi connectivity index (χ2v) is 7.71. The van der Waals surface area contributed by atoms with Crippen LogP contribution in [0.15, 0.2) is 0 Å². The summed E-state index contributed by atoms with van der Waals surface area (Å²) in [6, 6.07) is 0. The Bertz CT molecular complexity index is 429. The molecular weight excluding hydrogens is 256 g/mol. The van der Waals surface area contributed by atoms with Gasteiger partial charge in [-0.05, 0) is 24.7 Å². The molecule has 0 bridgehead atoms. The maximum Gasteiger partial charge on any atom is 0.109 e. The molecule has 21 heavy (non-hydrogen) atoms. The predicted octanol–water partition coefficient (Wildman–Crippen LogP) is 6.15. The second kappa shape index (κ2) is 7.47. The lowest BCUT2D eigenvalue weighted by molar-refractivity contribution is 0.437. The molecule has 0 fully saturated rings. The van der Waals surface area contributed by atoms with Gasteiger partial charge >= 0.3 is 0 Å². The van der Waals surface area contributed by atoms with E-state index >= 15 is 0 Å². The zero-order valence-corrected chi connectivity index (χ0v) is 15.5. The van der Waals surface area contributed by atoms with Crippen molar-refractivity contribution in [2.24, 2.45) is 5.92 Å². The van der Waals surface area contributed by atoms with Crippen LogP contribution in [0.3, 0.4) is 0 Å². The molecule has 2 nitrogen and oxygen atoms in total. The first-order chi connectivity index (χ1) is 9.74. The molecular formula is C19H36N2. The zero-order chi connectivity index (χ0) is 16.2. The number of rotatable bonds is 8. The van der Waals surface area contributed by atoms with Gasteiger partial charge in [-0.15, -0.1) is 0 Å². The molecule has 0 saturated heterocycles. The minimum atomic E-state index is 0.191. The van der Waals surface area contributed by atoms with Gasteiger partial charge in [-0.1, -0.05) is 68.2 Å². The average molecular weight is 293 g/mol. The SMILES string of the molecule is CCCCC(C)(C)c1[nH]c(C(C)C(C)C)nc1C(C)CC. The summed E-state index contributed by atoms with van der Waals surface area (Å²) >= 11 is 0. The van der Waals surface area contributed by atoms with Gasteiger partial charge in [-0.3, -0.25) is 0 Å². The quantitative estimate of drug-likeness (QED) is 0.611. The molecule has 0 aliphatic rings. The zero-order valence-electron chi connectivity index (χ0n) is 15.5. The average Bonchev–Trinajstić information content (AvgIpc) is 2.89. The predicted molar refractivity (Wildman–Crippen MR) is 93.1 cm³/mol. The molecule has 0 radical (unpaired) electrons. The monoisotopic (exact) mass is 292 g/mol. The fourth-order valence-corrected chi connectivity index (χ4v) is 2.75. The van der Waals surface area contributed by atoms with E-state index in [0.29, 0.717) is 17.8 Å². The van der Waals surface area contributed by atoms with Crippen LogP contribution in [0.1, 0.15) is 110 Å². The molecule has 2 heteroatoms. The summed E-state index contributed by atoms with van der Waals surface area (Å²) in [6.07, 6.45) is 4.91. The largest absolute Gasteiger partial charge is 0.345 e. The first-order valence-electron chi connectivity index (χ1n) is 8.84. The molecule has 2 atom stereocenters. The molecule has 1 aromatic rings. The number of nitrogens with one attached hydrogen (secondary N) is 1. The molecule has 0 saturated carbocycles. The van der Waals surface area contributed by atoms with E-state index in [1.807, 2.05) is 0 Å². The molecule has 0 aromatic carbocycles. The molecule has 122 valence electrons. The minimum absolute atomic E-state index is 0.191. The summed E-state index contributed by atoms with van der Waals surface area (Å²) < 4.78 is 0. The van der Waals surface area contributed by atoms with Crippen LogP contribution < -0.4 is 0 Å². The normalized spacial score (nSPS) is 15.5. The van der Waals surface area contributed by atoms with Gasteiger partial charge in [-0.2, -0.15) is 0 Å². The van der Waals surface area contributed by atoms with Gasteiger partial charge in [0.25, 0.3) is 0 Å². The van der Waals surface area contributed by atoms with Gasteiger partial charge in [0.15, 0.2) is 0 Å². The summed E-state index contributed by atoms with van der Waals surface area (Å²) in [5.74, 6) is 2.82. The third-order valence-corrected chi connectivity index (χ3v) is 5.09. The van der Waals surface area contributed by atoms with Crippen molar-refractivity contribution in [3.63, 3.8) is 0 Å². The Hall–Kier alpha value is -0.790. The van der Waals surface area contributed by atoms with Gasteiger partial charge < -0.3 is 4.98 Å². The Balaban J connectivity index is 3.21. The van der Waals surface area contributed by atoms with E-state index in [9.17, 15) is 0 Å². The first kappa shape index (κ1) is 18.3. The van der Waals surface area contributed by atoms with Crippen molar-refractivity contribution in [2.75, 3.05) is 0 Å². The number of nitrogens with zero attached hydrogens (tertiary/aromatic N) is 1. The van der Waals surface area contributed by atoms with Crippen molar-refractivity contribution in [3.05, 3.63) is 17.2 Å². The van der Waals surface area contributed by atoms with Crippen LogP contribution in [0.25, 0.3) is 0 Å². The summed E-state index contributed by atoms with van der Waals surface area (Å²) in [6.45, 7) is 18.4. The van der Waals surface area contributed by atoms with Crippen molar-refractivity contribution in [2.45, 2.75) is 98.3 Å². The highest BCUT2D eigenvalue weighted by molar-refractivity contribution is 5.27. The lowest BCUT2D eigenvalue weighted by Gasteiger charge is -2.26. The lowest BCUT2D eigenvalue weighted by Crippen LogP contribution is -2.20. The Morgan fingerprint density at radius 3 is 2.19 bits per heavy atom. The second-order valence-electron chi connectivity index (χ2n) is 7.71. The fourth-order valence-electron chi connectivity index (χ4n) is 2.75. The number of H-pyrrole nitrogens is 1. The Morgan fingerprint density at radius 2 is 1.71 bits per heavy atom. The van der Waals surface area contributed by atoms with Gasteiger partial charge in [0, 0.05) is 17.0 Å². The minimum Gasteiger partial charge on any atom is -0.345 e. The highest BCUT2D eigenvalue weighted by atomic mass is 15.0. The third-order valence-electron chi connectivity index (χ3n) is 5.09. The first-order valence-corrected chi connectivity index (χ1v) is 8.84. The standard InChI is InChI=1S/C19H36N2/c1-9-11-12-19(7,8)17-16(14(5)10-2)20-18(21-17)15(6)13(3)4/h13-15H,9-12H2,1-8H3,(H,20,21). The lowest BCUT2D eigenvalue weighted by atomic mass is 9.81. The van der Waals surface area contributed by atoms with Crippen molar-refractivity contribution >= 4 is 0 Å². The van der Waals surface area contributed by atoms with Crippen LogP contribution in [0.4, 0.5) is 0 Å². The maximum absolute atomic E-state index is 5.02. The highest BCUT2D eigenvalue weighted by Gasteiger charge is 2.29. The Labute approximate surface area is 132 Å². The van der Waals surface area contributed by atoms with E-state index in [2.05, 4.69) is 60.4 Å². The molecule has 2 unspecified atom stereocenters. The number of hydrogen-bond acceptors (Lipinski definition) is 1. The van der Waals surface area contributed by atoms with E-state index < -0.39 is 0 Å². The topological polar surface area (TPSA) is 28.7 Å². The van der Waals surface area contributed by atoms with Gasteiger partial charge in [0.1, 0.15) is 5.82 Å². The van der Waals surface area contributed by atoms with Crippen molar-refractivity contribution in [3.8, 4) is 0 Å². The van der Waals surface area contributed by atoms with Crippen molar-refractivity contribution < 1.29 is 0 Å². The summed E-state index contributed by atoms with van der Waals surface area (Å²) in [5, 5.41) is 0. The van der Waals surface area contributed by atoms with Crippen LogP contribution in [0, 0.1) is 5.92 Å². The van der Waals surface area contributed by atoms with E-state index in [1.54, 1.807) is 0 Å². The molecule has 1 rings (SSSR count).